The minimum absolute atomic E-state index is 0.116. The molecule has 0 unspecified atom stereocenters. The Morgan fingerprint density at radius 2 is 2.20 bits per heavy atom. The van der Waals surface area contributed by atoms with Gasteiger partial charge in [-0.05, 0) is 54.6 Å². The molecule has 0 bridgehead atoms. The number of benzene rings is 1. The van der Waals surface area contributed by atoms with E-state index in [0.29, 0.717) is 0 Å². The molecule has 0 fully saturated rings. The largest absolute Gasteiger partial charge is 0.447 e. The zero-order chi connectivity index (χ0) is 11.4. The second-order valence-electron chi connectivity index (χ2n) is 3.20. The SMILES string of the molecule is CC(C)OC(=O)Nc1cc(Br)ccc1I. The molecule has 0 aromatic heterocycles. The Labute approximate surface area is 111 Å². The number of carbonyl (C=O) groups excluding carboxylic acids is 1. The summed E-state index contributed by atoms with van der Waals surface area (Å²) >= 11 is 5.49. The van der Waals surface area contributed by atoms with E-state index in [0.717, 1.165) is 13.7 Å². The molecular weight excluding hydrogens is 373 g/mol. The number of rotatable bonds is 2. The van der Waals surface area contributed by atoms with Crippen molar-refractivity contribution in [1.82, 2.24) is 0 Å². The molecule has 1 amide bonds. The Morgan fingerprint density at radius 3 is 2.80 bits per heavy atom. The van der Waals surface area contributed by atoms with Crippen LogP contribution in [0.2, 0.25) is 0 Å². The van der Waals surface area contributed by atoms with Gasteiger partial charge in [0.1, 0.15) is 0 Å². The van der Waals surface area contributed by atoms with Crippen LogP contribution in [-0.2, 0) is 4.74 Å². The van der Waals surface area contributed by atoms with Crippen molar-refractivity contribution < 1.29 is 9.53 Å². The third kappa shape index (κ3) is 4.38. The van der Waals surface area contributed by atoms with Crippen LogP contribution in [0.1, 0.15) is 13.8 Å². The van der Waals surface area contributed by atoms with Crippen LogP contribution in [0.3, 0.4) is 0 Å². The summed E-state index contributed by atoms with van der Waals surface area (Å²) in [4.78, 5) is 11.3. The summed E-state index contributed by atoms with van der Waals surface area (Å²) in [7, 11) is 0. The van der Waals surface area contributed by atoms with E-state index in [9.17, 15) is 4.79 Å². The van der Waals surface area contributed by atoms with Crippen molar-refractivity contribution in [2.24, 2.45) is 0 Å². The fourth-order valence-corrected chi connectivity index (χ4v) is 1.78. The maximum Gasteiger partial charge on any atom is 0.411 e. The summed E-state index contributed by atoms with van der Waals surface area (Å²) in [6.45, 7) is 3.62. The minimum Gasteiger partial charge on any atom is -0.447 e. The molecule has 15 heavy (non-hydrogen) atoms. The van der Waals surface area contributed by atoms with Crippen LogP contribution in [0.5, 0.6) is 0 Å². The summed E-state index contributed by atoms with van der Waals surface area (Å²) in [5.41, 5.74) is 0.746. The predicted molar refractivity (Wildman–Crippen MR) is 72.1 cm³/mol. The summed E-state index contributed by atoms with van der Waals surface area (Å²) < 4.78 is 6.87. The number of carbonyl (C=O) groups is 1. The number of halogens is 2. The molecule has 1 aromatic rings. The van der Waals surface area contributed by atoms with Crippen molar-refractivity contribution in [3.63, 3.8) is 0 Å². The van der Waals surface area contributed by atoms with E-state index < -0.39 is 6.09 Å². The first-order valence-electron chi connectivity index (χ1n) is 4.41. The quantitative estimate of drug-likeness (QED) is 0.783. The van der Waals surface area contributed by atoms with Crippen LogP contribution >= 0.6 is 38.5 Å². The first-order valence-corrected chi connectivity index (χ1v) is 6.29. The third-order valence-corrected chi connectivity index (χ3v) is 2.94. The minimum atomic E-state index is -0.430. The van der Waals surface area contributed by atoms with Gasteiger partial charge in [0.25, 0.3) is 0 Å². The fourth-order valence-electron chi connectivity index (χ4n) is 0.947. The maximum absolute atomic E-state index is 11.3. The van der Waals surface area contributed by atoms with Crippen molar-refractivity contribution in [2.45, 2.75) is 20.0 Å². The molecule has 1 aromatic carbocycles. The highest BCUT2D eigenvalue weighted by atomic mass is 127. The Hall–Kier alpha value is -0.300. The van der Waals surface area contributed by atoms with E-state index in [2.05, 4.69) is 43.8 Å². The van der Waals surface area contributed by atoms with Crippen molar-refractivity contribution in [3.8, 4) is 0 Å². The Kier molecular flexibility index (Phi) is 4.85. The van der Waals surface area contributed by atoms with Crippen LogP contribution in [0.25, 0.3) is 0 Å². The number of ether oxygens (including phenoxy) is 1. The average Bonchev–Trinajstić information content (AvgIpc) is 2.10. The van der Waals surface area contributed by atoms with Crippen LogP contribution < -0.4 is 5.32 Å². The first-order chi connectivity index (χ1) is 6.99. The molecule has 0 aliphatic carbocycles. The van der Waals surface area contributed by atoms with Crippen molar-refractivity contribution >= 4 is 50.3 Å². The number of amides is 1. The zero-order valence-corrected chi connectivity index (χ0v) is 12.1. The average molecular weight is 384 g/mol. The van der Waals surface area contributed by atoms with Crippen LogP contribution in [0.4, 0.5) is 10.5 Å². The number of nitrogens with one attached hydrogen (secondary N) is 1. The van der Waals surface area contributed by atoms with Gasteiger partial charge in [0, 0.05) is 8.04 Å². The topological polar surface area (TPSA) is 38.3 Å². The smallest absolute Gasteiger partial charge is 0.411 e. The van der Waals surface area contributed by atoms with E-state index in [1.54, 1.807) is 0 Å². The lowest BCUT2D eigenvalue weighted by Crippen LogP contribution is -2.18. The normalized spacial score (nSPS) is 10.2. The molecule has 0 heterocycles. The van der Waals surface area contributed by atoms with Crippen LogP contribution in [0.15, 0.2) is 22.7 Å². The molecule has 82 valence electrons. The van der Waals surface area contributed by atoms with E-state index in [1.165, 1.54) is 0 Å². The van der Waals surface area contributed by atoms with Gasteiger partial charge in [-0.2, -0.15) is 0 Å². The second kappa shape index (κ2) is 5.69. The molecule has 1 N–H and O–H groups in total. The molecule has 0 aliphatic rings. The van der Waals surface area contributed by atoms with Gasteiger partial charge >= 0.3 is 6.09 Å². The van der Waals surface area contributed by atoms with Gasteiger partial charge < -0.3 is 4.74 Å². The summed E-state index contributed by atoms with van der Waals surface area (Å²) in [5, 5.41) is 2.68. The van der Waals surface area contributed by atoms with Gasteiger partial charge in [-0.15, -0.1) is 0 Å². The molecule has 0 atom stereocenters. The molecule has 1 rings (SSSR count). The maximum atomic E-state index is 11.3. The zero-order valence-electron chi connectivity index (χ0n) is 8.38. The van der Waals surface area contributed by atoms with Crippen LogP contribution in [0, 0.1) is 3.57 Å². The third-order valence-electron chi connectivity index (χ3n) is 1.51. The molecular formula is C10H11BrINO2. The highest BCUT2D eigenvalue weighted by Crippen LogP contribution is 2.23. The molecule has 0 spiro atoms. The standard InChI is InChI=1S/C10H11BrINO2/c1-6(2)15-10(14)13-9-5-7(11)3-4-8(9)12/h3-6H,1-2H3,(H,13,14). The number of hydrogen-bond donors (Lipinski definition) is 1. The monoisotopic (exact) mass is 383 g/mol. The summed E-state index contributed by atoms with van der Waals surface area (Å²) in [6, 6.07) is 5.67. The highest BCUT2D eigenvalue weighted by molar-refractivity contribution is 14.1. The summed E-state index contributed by atoms with van der Waals surface area (Å²) in [6.07, 6.45) is -0.546. The number of anilines is 1. The van der Waals surface area contributed by atoms with E-state index in [4.69, 9.17) is 4.74 Å². The van der Waals surface area contributed by atoms with Gasteiger partial charge in [0.15, 0.2) is 0 Å². The van der Waals surface area contributed by atoms with Gasteiger partial charge in [-0.1, -0.05) is 15.9 Å². The van der Waals surface area contributed by atoms with Crippen molar-refractivity contribution in [3.05, 3.63) is 26.2 Å². The van der Waals surface area contributed by atoms with Crippen molar-refractivity contribution in [1.29, 1.82) is 0 Å². The predicted octanol–water partition coefficient (Wildman–Crippen LogP) is 4.01. The first kappa shape index (κ1) is 12.8. The van der Waals surface area contributed by atoms with Crippen molar-refractivity contribution in [2.75, 3.05) is 5.32 Å². The number of hydrogen-bond acceptors (Lipinski definition) is 2. The van der Waals surface area contributed by atoms with Gasteiger partial charge in [-0.3, -0.25) is 5.32 Å². The van der Waals surface area contributed by atoms with Crippen LogP contribution in [-0.4, -0.2) is 12.2 Å². The highest BCUT2D eigenvalue weighted by Gasteiger charge is 2.08. The van der Waals surface area contributed by atoms with Gasteiger partial charge in [0.05, 0.1) is 11.8 Å². The molecule has 5 heteroatoms. The molecule has 0 aliphatic heterocycles. The Bertz CT molecular complexity index is 368. The second-order valence-corrected chi connectivity index (χ2v) is 5.28. The molecule has 3 nitrogen and oxygen atoms in total. The Morgan fingerprint density at radius 1 is 1.53 bits per heavy atom. The van der Waals surface area contributed by atoms with Gasteiger partial charge in [-0.25, -0.2) is 4.79 Å². The Balaban J connectivity index is 2.71. The molecule has 0 saturated heterocycles. The lowest BCUT2D eigenvalue weighted by atomic mass is 10.3. The lowest BCUT2D eigenvalue weighted by molar-refractivity contribution is 0.130. The van der Waals surface area contributed by atoms with E-state index >= 15 is 0 Å². The van der Waals surface area contributed by atoms with E-state index in [-0.39, 0.29) is 6.10 Å². The lowest BCUT2D eigenvalue weighted by Gasteiger charge is -2.10. The fraction of sp³-hybridized carbons (Fsp3) is 0.300. The van der Waals surface area contributed by atoms with E-state index in [1.807, 2.05) is 32.0 Å². The van der Waals surface area contributed by atoms with Gasteiger partial charge in [0.2, 0.25) is 0 Å². The molecule has 0 saturated carbocycles. The summed E-state index contributed by atoms with van der Waals surface area (Å²) in [5.74, 6) is 0. The molecule has 0 radical (unpaired) electrons.